The van der Waals surface area contributed by atoms with Crippen LogP contribution in [0.15, 0.2) is 70.6 Å². The minimum Gasteiger partial charge on any atom is -0.493 e. The number of urea groups is 1. The predicted molar refractivity (Wildman–Crippen MR) is 165 cm³/mol. The lowest BCUT2D eigenvalue weighted by Crippen LogP contribution is -2.55. The second kappa shape index (κ2) is 12.7. The van der Waals surface area contributed by atoms with Crippen LogP contribution in [0, 0.1) is 5.82 Å². The molecular weight excluding hydrogens is 632 g/mol. The van der Waals surface area contributed by atoms with Gasteiger partial charge in [-0.25, -0.2) is 21.9 Å². The molecule has 0 unspecified atom stereocenters. The standard InChI is InChI=1S/C30H30Cl2FN5O5S/c1-4-43-24-16-23(33)25(44(41,42)36(2)3)15-22(24)29-35-27(18-5-9-20(31)10-6-18)28(19-7-11-21(32)12-8-19)38(29)30(40)37-14-13-34-26(39)17-37/h5-12,15-16,27-28H,4,13-14,17H2,1-3H3,(H,34,39)/t27-,28+/m0/s1. The van der Waals surface area contributed by atoms with E-state index in [0.29, 0.717) is 21.2 Å². The van der Waals surface area contributed by atoms with Gasteiger partial charge in [-0.15, -0.1) is 0 Å². The van der Waals surface area contributed by atoms with Crippen molar-refractivity contribution in [2.45, 2.75) is 23.9 Å². The van der Waals surface area contributed by atoms with Crippen molar-refractivity contribution in [3.05, 3.63) is 93.2 Å². The number of carbonyl (C=O) groups excluding carboxylic acids is 2. The van der Waals surface area contributed by atoms with Gasteiger partial charge in [0.1, 0.15) is 34.9 Å². The Labute approximate surface area is 265 Å². The van der Waals surface area contributed by atoms with Crippen LogP contribution in [0.3, 0.4) is 0 Å². The second-order valence-corrected chi connectivity index (χ2v) is 13.4. The molecule has 5 rings (SSSR count). The van der Waals surface area contributed by atoms with Crippen LogP contribution in [0.1, 0.15) is 35.7 Å². The number of sulfonamides is 1. The van der Waals surface area contributed by atoms with Gasteiger partial charge < -0.3 is 15.0 Å². The number of ether oxygens (including phenoxy) is 1. The molecule has 1 saturated heterocycles. The summed E-state index contributed by atoms with van der Waals surface area (Å²) in [6.07, 6.45) is 0. The summed E-state index contributed by atoms with van der Waals surface area (Å²) in [5, 5.41) is 3.70. The molecule has 44 heavy (non-hydrogen) atoms. The summed E-state index contributed by atoms with van der Waals surface area (Å²) in [6, 6.07) is 14.0. The first kappa shape index (κ1) is 31.7. The van der Waals surface area contributed by atoms with Crippen LogP contribution >= 0.6 is 23.2 Å². The van der Waals surface area contributed by atoms with E-state index in [0.717, 1.165) is 16.4 Å². The predicted octanol–water partition coefficient (Wildman–Crippen LogP) is 4.88. The lowest BCUT2D eigenvalue weighted by Gasteiger charge is -2.36. The van der Waals surface area contributed by atoms with Gasteiger partial charge in [0.25, 0.3) is 0 Å². The number of hydrogen-bond acceptors (Lipinski definition) is 6. The van der Waals surface area contributed by atoms with Crippen LogP contribution in [0.4, 0.5) is 9.18 Å². The third-order valence-electron chi connectivity index (χ3n) is 7.34. The molecule has 0 spiro atoms. The number of piperazine rings is 1. The van der Waals surface area contributed by atoms with E-state index in [4.69, 9.17) is 32.9 Å². The Kier molecular flexibility index (Phi) is 9.17. The maximum absolute atomic E-state index is 15.4. The number of nitrogens with zero attached hydrogens (tertiary/aromatic N) is 4. The molecule has 0 saturated carbocycles. The Balaban J connectivity index is 1.78. The molecule has 0 aliphatic carbocycles. The number of amides is 3. The summed E-state index contributed by atoms with van der Waals surface area (Å²) in [5.41, 5.74) is 1.47. The topological polar surface area (TPSA) is 112 Å². The van der Waals surface area contributed by atoms with Gasteiger partial charge in [0.2, 0.25) is 15.9 Å². The van der Waals surface area contributed by atoms with Gasteiger partial charge in [-0.05, 0) is 48.4 Å². The molecule has 0 bridgehead atoms. The van der Waals surface area contributed by atoms with Crippen LogP contribution in [-0.4, -0.2) is 80.6 Å². The number of nitrogens with one attached hydrogen (secondary N) is 1. The first-order chi connectivity index (χ1) is 20.9. The third kappa shape index (κ3) is 6.12. The van der Waals surface area contributed by atoms with Crippen molar-refractivity contribution < 1.29 is 27.1 Å². The van der Waals surface area contributed by atoms with E-state index in [2.05, 4.69) is 5.32 Å². The molecule has 2 aliphatic heterocycles. The molecule has 1 fully saturated rings. The summed E-state index contributed by atoms with van der Waals surface area (Å²) in [7, 11) is -1.66. The molecule has 3 amide bonds. The lowest BCUT2D eigenvalue weighted by atomic mass is 9.93. The molecule has 10 nitrogen and oxygen atoms in total. The molecule has 2 heterocycles. The van der Waals surface area contributed by atoms with E-state index in [1.807, 2.05) is 0 Å². The van der Waals surface area contributed by atoms with Crippen molar-refractivity contribution in [1.29, 1.82) is 0 Å². The molecule has 0 radical (unpaired) electrons. The molecule has 0 aromatic heterocycles. The first-order valence-electron chi connectivity index (χ1n) is 13.7. The summed E-state index contributed by atoms with van der Waals surface area (Å²) < 4.78 is 48.4. The smallest absolute Gasteiger partial charge is 0.326 e. The van der Waals surface area contributed by atoms with Gasteiger partial charge in [-0.3, -0.25) is 14.7 Å². The van der Waals surface area contributed by atoms with Crippen molar-refractivity contribution >= 4 is 51.0 Å². The number of hydrogen-bond donors (Lipinski definition) is 1. The largest absolute Gasteiger partial charge is 0.493 e. The number of amidine groups is 1. The maximum Gasteiger partial charge on any atom is 0.326 e. The summed E-state index contributed by atoms with van der Waals surface area (Å²) in [6.45, 7) is 2.12. The molecule has 232 valence electrons. The van der Waals surface area contributed by atoms with Crippen LogP contribution in [0.25, 0.3) is 0 Å². The highest BCUT2D eigenvalue weighted by Gasteiger charge is 2.45. The summed E-state index contributed by atoms with van der Waals surface area (Å²) >= 11 is 12.4. The Morgan fingerprint density at radius 1 is 1.07 bits per heavy atom. The van der Waals surface area contributed by atoms with Crippen molar-refractivity contribution in [1.82, 2.24) is 19.4 Å². The van der Waals surface area contributed by atoms with Crippen molar-refractivity contribution in [3.8, 4) is 5.75 Å². The van der Waals surface area contributed by atoms with Crippen molar-refractivity contribution in [2.24, 2.45) is 4.99 Å². The Morgan fingerprint density at radius 3 is 2.25 bits per heavy atom. The number of halogens is 3. The van der Waals surface area contributed by atoms with E-state index in [1.165, 1.54) is 23.9 Å². The van der Waals surface area contributed by atoms with Gasteiger partial charge >= 0.3 is 6.03 Å². The van der Waals surface area contributed by atoms with Crippen LogP contribution in [-0.2, 0) is 14.8 Å². The average Bonchev–Trinajstić information content (AvgIpc) is 3.38. The zero-order valence-electron chi connectivity index (χ0n) is 24.1. The first-order valence-corrected chi connectivity index (χ1v) is 15.9. The fraction of sp³-hybridized carbons (Fsp3) is 0.300. The fourth-order valence-electron chi connectivity index (χ4n) is 5.19. The second-order valence-electron chi connectivity index (χ2n) is 10.4. The Hall–Kier alpha value is -3.71. The summed E-state index contributed by atoms with van der Waals surface area (Å²) in [5.74, 6) is -1.28. The van der Waals surface area contributed by atoms with Crippen LogP contribution in [0.5, 0.6) is 5.75 Å². The molecule has 3 aromatic rings. The highest BCUT2D eigenvalue weighted by molar-refractivity contribution is 7.89. The van der Waals surface area contributed by atoms with Crippen molar-refractivity contribution in [3.63, 3.8) is 0 Å². The van der Waals surface area contributed by atoms with E-state index in [-0.39, 0.29) is 49.3 Å². The number of aliphatic imine (C=N–C) groups is 1. The highest BCUT2D eigenvalue weighted by Crippen LogP contribution is 2.46. The quantitative estimate of drug-likeness (QED) is 0.388. The van der Waals surface area contributed by atoms with Crippen LogP contribution < -0.4 is 10.1 Å². The molecule has 2 aliphatic rings. The Morgan fingerprint density at radius 2 is 1.68 bits per heavy atom. The zero-order valence-corrected chi connectivity index (χ0v) is 26.5. The zero-order chi connectivity index (χ0) is 31.8. The average molecular weight is 663 g/mol. The number of benzene rings is 3. The van der Waals surface area contributed by atoms with Gasteiger partial charge in [0, 0.05) is 43.3 Å². The number of carbonyl (C=O) groups is 2. The summed E-state index contributed by atoms with van der Waals surface area (Å²) in [4.78, 5) is 34.0. The number of rotatable bonds is 7. The minimum atomic E-state index is -4.25. The Bertz CT molecular complexity index is 1720. The van der Waals surface area contributed by atoms with E-state index in [9.17, 15) is 18.0 Å². The minimum absolute atomic E-state index is 0.00209. The van der Waals surface area contributed by atoms with E-state index in [1.54, 1.807) is 55.5 Å². The monoisotopic (exact) mass is 661 g/mol. The SMILES string of the molecule is CCOc1cc(F)c(S(=O)(=O)N(C)C)cc1C1=N[C@@H](c2ccc(Cl)cc2)[C@@H](c2ccc(Cl)cc2)N1C(=O)N1CCNC(=O)C1. The fourth-order valence-corrected chi connectivity index (χ4v) is 6.41. The molecule has 1 N–H and O–H groups in total. The molecule has 2 atom stereocenters. The van der Waals surface area contributed by atoms with E-state index < -0.39 is 38.9 Å². The van der Waals surface area contributed by atoms with Gasteiger partial charge in [-0.2, -0.15) is 0 Å². The third-order valence-corrected chi connectivity index (χ3v) is 9.67. The van der Waals surface area contributed by atoms with Crippen LogP contribution in [0.2, 0.25) is 10.0 Å². The molecule has 3 aromatic carbocycles. The van der Waals surface area contributed by atoms with Crippen molar-refractivity contribution in [2.75, 3.05) is 40.3 Å². The van der Waals surface area contributed by atoms with E-state index >= 15 is 4.39 Å². The van der Waals surface area contributed by atoms with Gasteiger partial charge in [0.05, 0.1) is 18.2 Å². The highest BCUT2D eigenvalue weighted by atomic mass is 35.5. The molecule has 14 heteroatoms. The van der Waals surface area contributed by atoms with Gasteiger partial charge in [-0.1, -0.05) is 47.5 Å². The normalized spacial score (nSPS) is 18.8. The maximum atomic E-state index is 15.4. The lowest BCUT2D eigenvalue weighted by molar-refractivity contribution is -0.123. The molecular formula is C30H30Cl2FN5O5S. The van der Waals surface area contributed by atoms with Gasteiger partial charge in [0.15, 0.2) is 0 Å².